The van der Waals surface area contributed by atoms with Crippen molar-refractivity contribution >= 4 is 11.9 Å². The second-order valence-electron chi connectivity index (χ2n) is 6.35. The van der Waals surface area contributed by atoms with Crippen molar-refractivity contribution in [2.45, 2.75) is 53.0 Å². The van der Waals surface area contributed by atoms with E-state index in [1.54, 1.807) is 0 Å². The van der Waals surface area contributed by atoms with Crippen molar-refractivity contribution in [3.05, 3.63) is 0 Å². The lowest BCUT2D eigenvalue weighted by Gasteiger charge is -2.41. The van der Waals surface area contributed by atoms with Gasteiger partial charge in [-0.25, -0.2) is 0 Å². The van der Waals surface area contributed by atoms with Gasteiger partial charge in [-0.2, -0.15) is 0 Å². The Morgan fingerprint density at radius 2 is 2.10 bits per heavy atom. The Morgan fingerprint density at radius 1 is 1.45 bits per heavy atom. The first kappa shape index (κ1) is 17.0. The number of carbonyl (C=O) groups excluding carboxylic acids is 1. The predicted molar refractivity (Wildman–Crippen MR) is 78.5 cm³/mol. The summed E-state index contributed by atoms with van der Waals surface area (Å²) >= 11 is 0. The Kier molecular flexibility index (Phi) is 5.99. The number of piperidine rings is 1. The molecule has 1 aliphatic heterocycles. The number of aliphatic carboxylic acids is 1. The lowest BCUT2D eigenvalue weighted by Crippen LogP contribution is -2.52. The number of nitrogens with one attached hydrogen (secondary N) is 1. The fourth-order valence-electron chi connectivity index (χ4n) is 2.81. The van der Waals surface area contributed by atoms with Crippen molar-refractivity contribution in [2.24, 2.45) is 11.3 Å². The van der Waals surface area contributed by atoms with E-state index in [0.29, 0.717) is 0 Å². The van der Waals surface area contributed by atoms with Crippen LogP contribution in [0.1, 0.15) is 47.0 Å². The zero-order chi connectivity index (χ0) is 15.3. The maximum Gasteiger partial charge on any atom is 0.323 e. The molecule has 1 amide bonds. The minimum absolute atomic E-state index is 0.0389. The average Bonchev–Trinajstić information content (AvgIpc) is 2.43. The molecule has 1 heterocycles. The Bertz CT molecular complexity index is 349. The van der Waals surface area contributed by atoms with Crippen LogP contribution in [-0.4, -0.2) is 47.6 Å². The first-order valence-electron chi connectivity index (χ1n) is 7.54. The Hall–Kier alpha value is -1.10. The molecule has 0 aromatic carbocycles. The van der Waals surface area contributed by atoms with Gasteiger partial charge in [-0.1, -0.05) is 20.8 Å². The molecule has 2 atom stereocenters. The molecule has 0 saturated carbocycles. The summed E-state index contributed by atoms with van der Waals surface area (Å²) < 4.78 is 0. The van der Waals surface area contributed by atoms with E-state index < -0.39 is 11.4 Å². The van der Waals surface area contributed by atoms with Gasteiger partial charge in [0.2, 0.25) is 5.91 Å². The van der Waals surface area contributed by atoms with Gasteiger partial charge < -0.3 is 15.3 Å². The van der Waals surface area contributed by atoms with Gasteiger partial charge in [0.05, 0.1) is 0 Å². The highest BCUT2D eigenvalue weighted by Gasteiger charge is 2.41. The standard InChI is InChI=1S/C15H28N2O3/c1-5-11(2)17(10-13(18)19)14(20)15(3,4)12-7-6-8-16-9-12/h11-12,16H,5-10H2,1-4H3,(H,18,19). The maximum absolute atomic E-state index is 12.8. The lowest BCUT2D eigenvalue weighted by atomic mass is 9.73. The molecule has 1 rings (SSSR count). The third-order valence-corrected chi connectivity index (χ3v) is 4.56. The number of amides is 1. The second-order valence-corrected chi connectivity index (χ2v) is 6.35. The summed E-state index contributed by atoms with van der Waals surface area (Å²) in [6.07, 6.45) is 2.86. The zero-order valence-corrected chi connectivity index (χ0v) is 13.1. The summed E-state index contributed by atoms with van der Waals surface area (Å²) in [4.78, 5) is 25.4. The molecular formula is C15H28N2O3. The minimum atomic E-state index is -0.948. The summed E-state index contributed by atoms with van der Waals surface area (Å²) in [7, 11) is 0. The van der Waals surface area contributed by atoms with Gasteiger partial charge >= 0.3 is 5.97 Å². The van der Waals surface area contributed by atoms with Crippen LogP contribution >= 0.6 is 0 Å². The van der Waals surface area contributed by atoms with Crippen molar-refractivity contribution in [2.75, 3.05) is 19.6 Å². The average molecular weight is 284 g/mol. The molecule has 0 aromatic heterocycles. The molecule has 1 saturated heterocycles. The summed E-state index contributed by atoms with van der Waals surface area (Å²) in [6.45, 7) is 9.41. The second kappa shape index (κ2) is 7.07. The van der Waals surface area contributed by atoms with Crippen molar-refractivity contribution in [1.82, 2.24) is 10.2 Å². The smallest absolute Gasteiger partial charge is 0.323 e. The van der Waals surface area contributed by atoms with E-state index in [1.165, 1.54) is 4.90 Å². The summed E-state index contributed by atoms with van der Waals surface area (Å²) in [5, 5.41) is 12.4. The Labute approximate surface area is 121 Å². The van der Waals surface area contributed by atoms with E-state index in [4.69, 9.17) is 5.11 Å². The van der Waals surface area contributed by atoms with Crippen LogP contribution in [0.3, 0.4) is 0 Å². The fourth-order valence-corrected chi connectivity index (χ4v) is 2.81. The summed E-state index contributed by atoms with van der Waals surface area (Å²) in [5.74, 6) is -0.719. The zero-order valence-electron chi connectivity index (χ0n) is 13.1. The Morgan fingerprint density at radius 3 is 2.55 bits per heavy atom. The molecule has 0 aromatic rings. The molecular weight excluding hydrogens is 256 g/mol. The number of rotatable bonds is 6. The molecule has 5 heteroatoms. The number of hydrogen-bond acceptors (Lipinski definition) is 3. The van der Waals surface area contributed by atoms with Crippen molar-refractivity contribution in [3.8, 4) is 0 Å². The van der Waals surface area contributed by atoms with Crippen LogP contribution in [0.15, 0.2) is 0 Å². The van der Waals surface area contributed by atoms with Crippen LogP contribution in [0.25, 0.3) is 0 Å². The van der Waals surface area contributed by atoms with Crippen LogP contribution in [0.5, 0.6) is 0 Å². The number of carboxylic acids is 1. The molecule has 0 bridgehead atoms. The minimum Gasteiger partial charge on any atom is -0.480 e. The highest BCUT2D eigenvalue weighted by Crippen LogP contribution is 2.34. The van der Waals surface area contributed by atoms with Crippen molar-refractivity contribution < 1.29 is 14.7 Å². The van der Waals surface area contributed by atoms with Crippen molar-refractivity contribution in [3.63, 3.8) is 0 Å². The molecule has 20 heavy (non-hydrogen) atoms. The molecule has 1 aliphatic rings. The first-order valence-corrected chi connectivity index (χ1v) is 7.54. The normalized spacial score (nSPS) is 21.3. The van der Waals surface area contributed by atoms with Crippen molar-refractivity contribution in [1.29, 1.82) is 0 Å². The number of carbonyl (C=O) groups is 2. The molecule has 0 spiro atoms. The highest BCUT2D eigenvalue weighted by molar-refractivity contribution is 5.86. The van der Waals surface area contributed by atoms with Crippen LogP contribution in [-0.2, 0) is 9.59 Å². The summed E-state index contributed by atoms with van der Waals surface area (Å²) in [5.41, 5.74) is -0.522. The SMILES string of the molecule is CCC(C)N(CC(=O)O)C(=O)C(C)(C)C1CCCNC1. The number of nitrogens with zero attached hydrogens (tertiary/aromatic N) is 1. The van der Waals surface area contributed by atoms with E-state index in [0.717, 1.165) is 32.4 Å². The lowest BCUT2D eigenvalue weighted by molar-refractivity contribution is -0.153. The van der Waals surface area contributed by atoms with Crippen LogP contribution in [0.4, 0.5) is 0 Å². The van der Waals surface area contributed by atoms with E-state index >= 15 is 0 Å². The van der Waals surface area contributed by atoms with Crippen LogP contribution in [0.2, 0.25) is 0 Å². The molecule has 116 valence electrons. The van der Waals surface area contributed by atoms with Gasteiger partial charge in [0, 0.05) is 11.5 Å². The molecule has 0 aliphatic carbocycles. The topological polar surface area (TPSA) is 69.6 Å². The van der Waals surface area contributed by atoms with Gasteiger partial charge in [-0.05, 0) is 45.2 Å². The molecule has 5 nitrogen and oxygen atoms in total. The van der Waals surface area contributed by atoms with Gasteiger partial charge in [0.25, 0.3) is 0 Å². The number of carboxylic acid groups (broad SMARTS) is 1. The first-order chi connectivity index (χ1) is 9.30. The monoisotopic (exact) mass is 284 g/mol. The number of hydrogen-bond donors (Lipinski definition) is 2. The quantitative estimate of drug-likeness (QED) is 0.779. The summed E-state index contributed by atoms with van der Waals surface area (Å²) in [6, 6.07) is -0.0468. The largest absolute Gasteiger partial charge is 0.480 e. The van der Waals surface area contributed by atoms with Gasteiger partial charge in [0.15, 0.2) is 0 Å². The van der Waals surface area contributed by atoms with Crippen LogP contribution in [0, 0.1) is 11.3 Å². The molecule has 0 radical (unpaired) electrons. The Balaban J connectivity index is 2.87. The van der Waals surface area contributed by atoms with Gasteiger partial charge in [-0.15, -0.1) is 0 Å². The van der Waals surface area contributed by atoms with Gasteiger partial charge in [-0.3, -0.25) is 9.59 Å². The maximum atomic E-state index is 12.8. The molecule has 1 fully saturated rings. The van der Waals surface area contributed by atoms with E-state index in [9.17, 15) is 9.59 Å². The molecule has 2 N–H and O–H groups in total. The highest BCUT2D eigenvalue weighted by atomic mass is 16.4. The predicted octanol–water partition coefficient (Wildman–Crippen LogP) is 1.72. The van der Waals surface area contributed by atoms with E-state index in [2.05, 4.69) is 5.32 Å². The third kappa shape index (κ3) is 3.95. The van der Waals surface area contributed by atoms with Gasteiger partial charge in [0.1, 0.15) is 6.54 Å². The molecule has 2 unspecified atom stereocenters. The fraction of sp³-hybridized carbons (Fsp3) is 0.867. The third-order valence-electron chi connectivity index (χ3n) is 4.56. The van der Waals surface area contributed by atoms with Crippen LogP contribution < -0.4 is 5.32 Å². The van der Waals surface area contributed by atoms with E-state index in [-0.39, 0.29) is 24.4 Å². The van der Waals surface area contributed by atoms with E-state index in [1.807, 2.05) is 27.7 Å².